The second kappa shape index (κ2) is 8.62. The first-order valence-corrected chi connectivity index (χ1v) is 9.18. The predicted octanol–water partition coefficient (Wildman–Crippen LogP) is 4.74. The van der Waals surface area contributed by atoms with Gasteiger partial charge in [-0.1, -0.05) is 28.1 Å². The van der Waals surface area contributed by atoms with Crippen LogP contribution in [0.25, 0.3) is 10.9 Å². The summed E-state index contributed by atoms with van der Waals surface area (Å²) < 4.78 is 0.907. The van der Waals surface area contributed by atoms with Gasteiger partial charge in [0.1, 0.15) is 11.9 Å². The van der Waals surface area contributed by atoms with E-state index in [0.717, 1.165) is 10.2 Å². The number of carbonyl (C=O) groups excluding carboxylic acids is 1. The summed E-state index contributed by atoms with van der Waals surface area (Å²) in [6.45, 7) is 0. The highest BCUT2D eigenvalue weighted by molar-refractivity contribution is 9.10. The third kappa shape index (κ3) is 4.61. The van der Waals surface area contributed by atoms with E-state index < -0.39 is 0 Å². The Morgan fingerprint density at radius 2 is 2.15 bits per heavy atom. The van der Waals surface area contributed by atoms with Crippen LogP contribution in [-0.4, -0.2) is 21.8 Å². The number of aromatic nitrogens is 2. The Morgan fingerprint density at radius 1 is 1.30 bits per heavy atom. The van der Waals surface area contributed by atoms with Crippen molar-refractivity contribution in [1.82, 2.24) is 9.97 Å². The van der Waals surface area contributed by atoms with E-state index in [2.05, 4.69) is 42.6 Å². The van der Waals surface area contributed by atoms with Gasteiger partial charge in [-0.15, -0.1) is 11.6 Å². The van der Waals surface area contributed by atoms with Gasteiger partial charge in [-0.2, -0.15) is 5.26 Å². The summed E-state index contributed by atoms with van der Waals surface area (Å²) in [7, 11) is 0. The Balaban J connectivity index is 2.04. The van der Waals surface area contributed by atoms with Crippen LogP contribution < -0.4 is 10.6 Å². The third-order valence-corrected chi connectivity index (χ3v) is 4.25. The smallest absolute Gasteiger partial charge is 0.249 e. The summed E-state index contributed by atoms with van der Waals surface area (Å²) in [5.74, 6) is 0.253. The highest BCUT2D eigenvalue weighted by Gasteiger charge is 2.12. The van der Waals surface area contributed by atoms with Crippen LogP contribution in [0.2, 0.25) is 0 Å². The van der Waals surface area contributed by atoms with Crippen LogP contribution in [0.4, 0.5) is 17.2 Å². The Kier molecular flexibility index (Phi) is 6.01. The largest absolute Gasteiger partial charge is 0.354 e. The number of anilines is 3. The molecule has 0 saturated carbocycles. The van der Waals surface area contributed by atoms with Gasteiger partial charge in [0, 0.05) is 33.7 Å². The Hall–Kier alpha value is -2.95. The zero-order chi connectivity index (χ0) is 19.2. The molecule has 3 aromatic rings. The number of nitrogens with one attached hydrogen (secondary N) is 2. The van der Waals surface area contributed by atoms with Crippen LogP contribution >= 0.6 is 27.5 Å². The van der Waals surface area contributed by atoms with Crippen LogP contribution in [0.5, 0.6) is 0 Å². The molecule has 2 heterocycles. The minimum Gasteiger partial charge on any atom is -0.354 e. The van der Waals surface area contributed by atoms with E-state index in [1.807, 2.05) is 24.3 Å². The molecule has 0 bridgehead atoms. The first kappa shape index (κ1) is 18.8. The zero-order valence-electron chi connectivity index (χ0n) is 13.9. The second-order valence-corrected chi connectivity index (χ2v) is 6.65. The molecule has 2 aromatic heterocycles. The highest BCUT2D eigenvalue weighted by Crippen LogP contribution is 2.30. The fraction of sp³-hybridized carbons (Fsp3) is 0.0526. The number of benzene rings is 1. The fourth-order valence-corrected chi connectivity index (χ4v) is 2.90. The van der Waals surface area contributed by atoms with Crippen molar-refractivity contribution in [2.45, 2.75) is 0 Å². The number of nitrogens with zero attached hydrogens (tertiary/aromatic N) is 3. The fourth-order valence-electron chi connectivity index (χ4n) is 2.41. The summed E-state index contributed by atoms with van der Waals surface area (Å²) in [6.07, 6.45) is 5.91. The van der Waals surface area contributed by atoms with Crippen LogP contribution in [0.3, 0.4) is 0 Å². The van der Waals surface area contributed by atoms with Gasteiger partial charge >= 0.3 is 0 Å². The molecular formula is C19H13BrClN5O. The molecule has 1 aromatic carbocycles. The van der Waals surface area contributed by atoms with Gasteiger partial charge in [-0.05, 0) is 24.3 Å². The molecule has 0 unspecified atom stereocenters. The molecule has 6 nitrogen and oxygen atoms in total. The Labute approximate surface area is 169 Å². The average molecular weight is 443 g/mol. The van der Waals surface area contributed by atoms with E-state index in [-0.39, 0.29) is 11.8 Å². The molecule has 8 heteroatoms. The maximum atomic E-state index is 11.9. The van der Waals surface area contributed by atoms with Crippen molar-refractivity contribution in [2.75, 3.05) is 16.5 Å². The summed E-state index contributed by atoms with van der Waals surface area (Å²) in [4.78, 5) is 20.3. The lowest BCUT2D eigenvalue weighted by atomic mass is 10.1. The number of rotatable bonds is 5. The van der Waals surface area contributed by atoms with Crippen LogP contribution in [0, 0.1) is 11.3 Å². The molecule has 0 fully saturated rings. The van der Waals surface area contributed by atoms with Crippen molar-refractivity contribution in [3.8, 4) is 6.07 Å². The SMILES string of the molecule is N#Cc1cnc2cnc(NC(=O)C=CCCl)cc2c1Nc1cccc(Br)c1. The molecule has 0 saturated heterocycles. The lowest BCUT2D eigenvalue weighted by Gasteiger charge is -2.12. The molecule has 0 atom stereocenters. The summed E-state index contributed by atoms with van der Waals surface area (Å²) in [6, 6.07) is 11.4. The molecule has 0 aliphatic carbocycles. The van der Waals surface area contributed by atoms with E-state index in [9.17, 15) is 10.1 Å². The number of halogens is 2. The van der Waals surface area contributed by atoms with Gasteiger partial charge in [-0.25, -0.2) is 4.98 Å². The first-order valence-electron chi connectivity index (χ1n) is 7.85. The Morgan fingerprint density at radius 3 is 2.89 bits per heavy atom. The van der Waals surface area contributed by atoms with Crippen molar-refractivity contribution in [2.24, 2.45) is 0 Å². The number of allylic oxidation sites excluding steroid dienone is 1. The van der Waals surface area contributed by atoms with E-state index >= 15 is 0 Å². The quantitative estimate of drug-likeness (QED) is 0.440. The third-order valence-electron chi connectivity index (χ3n) is 3.58. The number of fused-ring (bicyclic) bond motifs is 1. The lowest BCUT2D eigenvalue weighted by Crippen LogP contribution is -2.09. The number of pyridine rings is 2. The van der Waals surface area contributed by atoms with Crippen LogP contribution in [0.15, 0.2) is 59.4 Å². The molecule has 0 spiro atoms. The predicted molar refractivity (Wildman–Crippen MR) is 110 cm³/mol. The number of hydrogen-bond acceptors (Lipinski definition) is 5. The van der Waals surface area contributed by atoms with Gasteiger partial charge in [-0.3, -0.25) is 9.78 Å². The van der Waals surface area contributed by atoms with Gasteiger partial charge in [0.2, 0.25) is 5.91 Å². The van der Waals surface area contributed by atoms with Crippen molar-refractivity contribution >= 4 is 61.5 Å². The van der Waals surface area contributed by atoms with E-state index in [4.69, 9.17) is 11.6 Å². The molecule has 134 valence electrons. The summed E-state index contributed by atoms with van der Waals surface area (Å²) in [5, 5.41) is 16.1. The minimum atomic E-state index is -0.339. The first-order chi connectivity index (χ1) is 13.1. The topological polar surface area (TPSA) is 90.7 Å². The summed E-state index contributed by atoms with van der Waals surface area (Å²) >= 11 is 8.97. The molecule has 0 aliphatic rings. The molecule has 27 heavy (non-hydrogen) atoms. The molecule has 1 amide bonds. The number of alkyl halides is 1. The number of amides is 1. The number of carbonyl (C=O) groups is 1. The van der Waals surface area contributed by atoms with Crippen molar-refractivity contribution in [1.29, 1.82) is 5.26 Å². The van der Waals surface area contributed by atoms with Gasteiger partial charge in [0.25, 0.3) is 0 Å². The lowest BCUT2D eigenvalue weighted by molar-refractivity contribution is -0.111. The number of nitriles is 1. The van der Waals surface area contributed by atoms with E-state index in [0.29, 0.717) is 28.0 Å². The van der Waals surface area contributed by atoms with E-state index in [1.54, 1.807) is 12.3 Å². The zero-order valence-corrected chi connectivity index (χ0v) is 16.3. The highest BCUT2D eigenvalue weighted by atomic mass is 79.9. The summed E-state index contributed by atoms with van der Waals surface area (Å²) in [5.41, 5.74) is 2.38. The molecule has 2 N–H and O–H groups in total. The normalized spacial score (nSPS) is 10.7. The molecular weight excluding hydrogens is 430 g/mol. The minimum absolute atomic E-state index is 0.245. The molecule has 0 radical (unpaired) electrons. The maximum Gasteiger partial charge on any atom is 0.249 e. The standard InChI is InChI=1S/C19H13BrClN5O/c20-13-3-1-4-14(7-13)25-19-12(9-22)10-23-16-11-24-17(8-15(16)19)26-18(27)5-2-6-21/h1-5,7-8,10-11H,6H2,(H,23,25)(H,24,26,27). The van der Waals surface area contributed by atoms with Crippen molar-refractivity contribution < 1.29 is 4.79 Å². The maximum absolute atomic E-state index is 11.9. The molecule has 0 aliphatic heterocycles. The Bertz CT molecular complexity index is 1080. The van der Waals surface area contributed by atoms with Gasteiger partial charge in [0.15, 0.2) is 0 Å². The monoisotopic (exact) mass is 441 g/mol. The average Bonchev–Trinajstić information content (AvgIpc) is 2.67. The van der Waals surface area contributed by atoms with Gasteiger partial charge < -0.3 is 10.6 Å². The van der Waals surface area contributed by atoms with Crippen LogP contribution in [0.1, 0.15) is 5.56 Å². The van der Waals surface area contributed by atoms with Crippen molar-refractivity contribution in [3.05, 3.63) is 64.9 Å². The second-order valence-electron chi connectivity index (χ2n) is 5.43. The van der Waals surface area contributed by atoms with Gasteiger partial charge in [0.05, 0.1) is 23.0 Å². The van der Waals surface area contributed by atoms with E-state index in [1.165, 1.54) is 18.3 Å². The molecule has 3 rings (SSSR count). The van der Waals surface area contributed by atoms with Crippen molar-refractivity contribution in [3.63, 3.8) is 0 Å². The van der Waals surface area contributed by atoms with Crippen LogP contribution in [-0.2, 0) is 4.79 Å². The number of hydrogen-bond donors (Lipinski definition) is 2.